The van der Waals surface area contributed by atoms with Crippen LogP contribution in [0.15, 0.2) is 42.9 Å². The normalized spacial score (nSPS) is 20.1. The summed E-state index contributed by atoms with van der Waals surface area (Å²) in [5.41, 5.74) is 3.09. The number of nitrogens with one attached hydrogen (secondary N) is 3. The number of amides is 1. The van der Waals surface area contributed by atoms with Crippen LogP contribution in [-0.4, -0.2) is 40.8 Å². The van der Waals surface area contributed by atoms with Crippen molar-refractivity contribution in [1.82, 2.24) is 40.2 Å². The lowest BCUT2D eigenvalue weighted by Gasteiger charge is -2.26. The third kappa shape index (κ3) is 5.35. The lowest BCUT2D eigenvalue weighted by atomic mass is 9.85. The molecule has 5 rings (SSSR count). The van der Waals surface area contributed by atoms with Gasteiger partial charge in [-0.1, -0.05) is 13.0 Å². The van der Waals surface area contributed by atoms with Crippen LogP contribution >= 0.6 is 0 Å². The van der Waals surface area contributed by atoms with E-state index in [2.05, 4.69) is 35.9 Å². The molecule has 0 saturated heterocycles. The smallest absolute Gasteiger partial charge is 0.228 e. The van der Waals surface area contributed by atoms with E-state index in [0.717, 1.165) is 41.7 Å². The first-order valence-corrected chi connectivity index (χ1v) is 12.3. The highest BCUT2D eigenvalue weighted by atomic mass is 19.1. The maximum atomic E-state index is 13.4. The molecule has 3 atom stereocenters. The maximum Gasteiger partial charge on any atom is 0.228 e. The number of aromatic amines is 1. The first kappa shape index (κ1) is 24.5. The summed E-state index contributed by atoms with van der Waals surface area (Å²) in [5.74, 6) is 1.42. The summed E-state index contributed by atoms with van der Waals surface area (Å²) in [6, 6.07) is 7.28. The SMILES string of the molecule is Cc1cc(C2CCC(C)(C(=O)N[C@@H](C)c3ccc(-n4cc(F)cn4)nc3)C2)nc(Nc2cc(C)[nH]n2)n1. The van der Waals surface area contributed by atoms with Gasteiger partial charge in [-0.15, -0.1) is 0 Å². The van der Waals surface area contributed by atoms with Gasteiger partial charge >= 0.3 is 0 Å². The molecular formula is C26H30FN9O. The van der Waals surface area contributed by atoms with Crippen LogP contribution in [0.1, 0.15) is 67.7 Å². The van der Waals surface area contributed by atoms with Crippen LogP contribution in [0.4, 0.5) is 16.2 Å². The van der Waals surface area contributed by atoms with Gasteiger partial charge in [0.2, 0.25) is 11.9 Å². The lowest BCUT2D eigenvalue weighted by molar-refractivity contribution is -0.130. The number of H-pyrrole nitrogens is 1. The summed E-state index contributed by atoms with van der Waals surface area (Å²) < 4.78 is 14.6. The molecular weight excluding hydrogens is 473 g/mol. The Bertz CT molecular complexity index is 1410. The van der Waals surface area contributed by atoms with Crippen molar-refractivity contribution < 1.29 is 9.18 Å². The van der Waals surface area contributed by atoms with Crippen molar-refractivity contribution in [2.75, 3.05) is 5.32 Å². The predicted octanol–water partition coefficient (Wildman–Crippen LogP) is 4.43. The summed E-state index contributed by atoms with van der Waals surface area (Å²) in [5, 5.41) is 17.3. The number of anilines is 2. The molecule has 192 valence electrons. The molecule has 4 aromatic heterocycles. The number of nitrogens with zero attached hydrogens (tertiary/aromatic N) is 6. The zero-order chi connectivity index (χ0) is 26.2. The molecule has 0 aromatic carbocycles. The number of aromatic nitrogens is 7. The number of hydrogen-bond donors (Lipinski definition) is 3. The first-order valence-electron chi connectivity index (χ1n) is 12.3. The molecule has 1 aliphatic rings. The van der Waals surface area contributed by atoms with E-state index in [1.165, 1.54) is 10.9 Å². The molecule has 1 aliphatic carbocycles. The van der Waals surface area contributed by atoms with Gasteiger partial charge in [0.25, 0.3) is 0 Å². The number of aryl methyl sites for hydroxylation is 2. The van der Waals surface area contributed by atoms with Gasteiger partial charge in [0.1, 0.15) is 0 Å². The Morgan fingerprint density at radius 2 is 2.08 bits per heavy atom. The number of pyridine rings is 1. The van der Waals surface area contributed by atoms with E-state index >= 15 is 0 Å². The van der Waals surface area contributed by atoms with Gasteiger partial charge in [0.15, 0.2) is 17.5 Å². The van der Waals surface area contributed by atoms with Crippen LogP contribution in [0, 0.1) is 25.1 Å². The van der Waals surface area contributed by atoms with E-state index in [0.29, 0.717) is 24.0 Å². The molecule has 10 nitrogen and oxygen atoms in total. The van der Waals surface area contributed by atoms with Gasteiger partial charge in [-0.3, -0.25) is 9.89 Å². The van der Waals surface area contributed by atoms with Crippen molar-refractivity contribution in [1.29, 1.82) is 0 Å². The van der Waals surface area contributed by atoms with Crippen LogP contribution in [0.3, 0.4) is 0 Å². The van der Waals surface area contributed by atoms with E-state index in [9.17, 15) is 9.18 Å². The van der Waals surface area contributed by atoms with E-state index in [4.69, 9.17) is 4.98 Å². The fourth-order valence-electron chi connectivity index (χ4n) is 4.82. The minimum atomic E-state index is -0.509. The summed E-state index contributed by atoms with van der Waals surface area (Å²) in [6.45, 7) is 7.82. The molecule has 37 heavy (non-hydrogen) atoms. The lowest BCUT2D eigenvalue weighted by Crippen LogP contribution is -2.38. The Morgan fingerprint density at radius 1 is 1.24 bits per heavy atom. The summed E-state index contributed by atoms with van der Waals surface area (Å²) in [7, 11) is 0. The minimum absolute atomic E-state index is 0.0110. The van der Waals surface area contributed by atoms with Crippen LogP contribution in [-0.2, 0) is 4.79 Å². The van der Waals surface area contributed by atoms with E-state index in [1.54, 1.807) is 12.3 Å². The molecule has 0 aliphatic heterocycles. The largest absolute Gasteiger partial charge is 0.349 e. The fourth-order valence-corrected chi connectivity index (χ4v) is 4.82. The topological polar surface area (TPSA) is 126 Å². The summed E-state index contributed by atoms with van der Waals surface area (Å²) in [4.78, 5) is 27.0. The van der Waals surface area contributed by atoms with Gasteiger partial charge in [0.05, 0.1) is 18.4 Å². The van der Waals surface area contributed by atoms with Crippen molar-refractivity contribution >= 4 is 17.7 Å². The predicted molar refractivity (Wildman–Crippen MR) is 136 cm³/mol. The first-order chi connectivity index (χ1) is 17.7. The molecule has 3 N–H and O–H groups in total. The molecule has 1 saturated carbocycles. The standard InChI is InChI=1S/C26H30FN9O/c1-15-9-21(32-25(30-15)33-22-10-16(2)34-35-22)18-7-8-26(4,11-18)24(37)31-17(3)19-5-6-23(28-12-19)36-14-20(27)13-29-36/h5-6,9-10,12-14,17-18H,7-8,11H2,1-4H3,(H,31,37)(H2,30,32,33,34,35)/t17-,18?,26?/m0/s1. The van der Waals surface area contributed by atoms with Crippen LogP contribution in [0.2, 0.25) is 0 Å². The molecule has 4 heterocycles. The number of rotatable bonds is 7. The van der Waals surface area contributed by atoms with Crippen molar-refractivity contribution in [2.45, 2.75) is 58.9 Å². The Morgan fingerprint density at radius 3 is 2.76 bits per heavy atom. The molecule has 0 spiro atoms. The number of carbonyl (C=O) groups excluding carboxylic acids is 1. The third-order valence-corrected chi connectivity index (χ3v) is 6.93. The molecule has 4 aromatic rings. The van der Waals surface area contributed by atoms with E-state index in [1.807, 2.05) is 45.9 Å². The second-order valence-electron chi connectivity index (χ2n) is 10.1. The molecule has 2 unspecified atom stereocenters. The number of halogens is 1. The maximum absolute atomic E-state index is 13.4. The van der Waals surface area contributed by atoms with Crippen molar-refractivity contribution in [3.8, 4) is 5.82 Å². The monoisotopic (exact) mass is 503 g/mol. The molecule has 1 fully saturated rings. The molecule has 0 radical (unpaired) electrons. The average molecular weight is 504 g/mol. The number of carbonyl (C=O) groups is 1. The third-order valence-electron chi connectivity index (χ3n) is 6.93. The molecule has 0 bridgehead atoms. The highest BCUT2D eigenvalue weighted by Crippen LogP contribution is 2.46. The Hall–Kier alpha value is -4.15. The number of hydrogen-bond acceptors (Lipinski definition) is 7. The van der Waals surface area contributed by atoms with Crippen LogP contribution in [0.25, 0.3) is 5.82 Å². The second kappa shape index (κ2) is 9.72. The Balaban J connectivity index is 1.23. The summed E-state index contributed by atoms with van der Waals surface area (Å²) in [6.07, 6.45) is 6.41. The van der Waals surface area contributed by atoms with Gasteiger partial charge in [-0.2, -0.15) is 10.2 Å². The van der Waals surface area contributed by atoms with Gasteiger partial charge in [-0.05, 0) is 57.7 Å². The van der Waals surface area contributed by atoms with E-state index in [-0.39, 0.29) is 17.9 Å². The van der Waals surface area contributed by atoms with Crippen molar-refractivity contribution in [2.24, 2.45) is 5.41 Å². The summed E-state index contributed by atoms with van der Waals surface area (Å²) >= 11 is 0. The van der Waals surface area contributed by atoms with E-state index < -0.39 is 11.2 Å². The van der Waals surface area contributed by atoms with Gasteiger partial charge < -0.3 is 10.6 Å². The van der Waals surface area contributed by atoms with Crippen LogP contribution in [0.5, 0.6) is 0 Å². The Kier molecular flexibility index (Phi) is 6.45. The van der Waals surface area contributed by atoms with Crippen molar-refractivity contribution in [3.05, 3.63) is 71.3 Å². The van der Waals surface area contributed by atoms with Crippen molar-refractivity contribution in [3.63, 3.8) is 0 Å². The quantitative estimate of drug-likeness (QED) is 0.340. The average Bonchev–Trinajstić information content (AvgIpc) is 3.59. The zero-order valence-corrected chi connectivity index (χ0v) is 21.3. The Labute approximate surface area is 214 Å². The second-order valence-corrected chi connectivity index (χ2v) is 10.1. The molecule has 11 heteroatoms. The molecule has 1 amide bonds. The highest BCUT2D eigenvalue weighted by molar-refractivity contribution is 5.83. The zero-order valence-electron chi connectivity index (χ0n) is 21.3. The fraction of sp³-hybridized carbons (Fsp3) is 0.385. The minimum Gasteiger partial charge on any atom is -0.349 e. The van der Waals surface area contributed by atoms with Gasteiger partial charge in [0, 0.05) is 40.7 Å². The highest BCUT2D eigenvalue weighted by Gasteiger charge is 2.42. The van der Waals surface area contributed by atoms with Gasteiger partial charge in [-0.25, -0.2) is 24.0 Å². The van der Waals surface area contributed by atoms with Crippen LogP contribution < -0.4 is 10.6 Å².